The molecule has 0 bridgehead atoms. The van der Waals surface area contributed by atoms with Gasteiger partial charge in [0.25, 0.3) is 0 Å². The van der Waals surface area contributed by atoms with Gasteiger partial charge in [0, 0.05) is 26.4 Å². The molecule has 0 atom stereocenters. The molecule has 0 amide bonds. The van der Waals surface area contributed by atoms with Crippen molar-refractivity contribution in [1.29, 1.82) is 0 Å². The van der Waals surface area contributed by atoms with Crippen molar-refractivity contribution in [2.75, 3.05) is 26.4 Å². The molecule has 0 aromatic heterocycles. The number of rotatable bonds is 8. The summed E-state index contributed by atoms with van der Waals surface area (Å²) in [4.78, 5) is 9.44. The molecule has 0 unspecified atom stereocenters. The molecule has 0 saturated carbocycles. The average molecular weight is 266 g/mol. The second-order valence-corrected chi connectivity index (χ2v) is 5.29. The lowest BCUT2D eigenvalue weighted by molar-refractivity contribution is -0.115. The van der Waals surface area contributed by atoms with Crippen molar-refractivity contribution < 1.29 is 22.5 Å². The zero-order chi connectivity index (χ0) is 13.7. The summed E-state index contributed by atoms with van der Waals surface area (Å²) in [6, 6.07) is 0. The predicted molar refractivity (Wildman–Crippen MR) is 68.6 cm³/mol. The van der Waals surface area contributed by atoms with Crippen molar-refractivity contribution in [3.63, 3.8) is 0 Å². The fourth-order valence-electron chi connectivity index (χ4n) is 0.957. The first-order valence-corrected chi connectivity index (χ1v) is 7.64. The highest BCUT2D eigenvalue weighted by molar-refractivity contribution is 6.53. The molecule has 0 N–H and O–H groups in total. The van der Waals surface area contributed by atoms with Gasteiger partial charge in [-0.1, -0.05) is 0 Å². The number of hydrogen-bond donors (Lipinski definition) is 0. The molecule has 0 saturated heterocycles. The van der Waals surface area contributed by atoms with Crippen molar-refractivity contribution >= 4 is 14.8 Å². The normalized spacial score (nSPS) is 10.7. The van der Waals surface area contributed by atoms with Crippen molar-refractivity contribution in [3.05, 3.63) is 0 Å². The monoisotopic (exact) mass is 266 g/mol. The van der Waals surface area contributed by atoms with Crippen LogP contribution < -0.4 is 0 Å². The van der Waals surface area contributed by atoms with Gasteiger partial charge in [0.2, 0.25) is 0 Å². The van der Waals surface area contributed by atoms with Gasteiger partial charge in [-0.05, 0) is 41.5 Å². The first-order chi connectivity index (χ1) is 7.97. The van der Waals surface area contributed by atoms with Gasteiger partial charge in [0.1, 0.15) is 5.78 Å². The maximum Gasteiger partial charge on any atom is 0.679 e. The molecular weight excluding hydrogens is 240 g/mol. The maximum atomic E-state index is 9.44. The van der Waals surface area contributed by atoms with E-state index in [1.54, 1.807) is 0 Å². The van der Waals surface area contributed by atoms with E-state index in [1.807, 2.05) is 27.7 Å². The molecule has 104 valence electrons. The Morgan fingerprint density at radius 1 is 0.765 bits per heavy atom. The average Bonchev–Trinajstić information content (AvgIpc) is 2.18. The molecule has 0 spiro atoms. The third kappa shape index (κ3) is 12.0. The second kappa shape index (κ2) is 12.2. The minimum atomic E-state index is -2.80. The standard InChI is InChI=1S/C8H20O4Si.C3H6O/c1-5-9-13(10-6-2,11-7-3)12-8-4;1-3(2)4/h5-8H2,1-4H3;1-2H3. The summed E-state index contributed by atoms with van der Waals surface area (Å²) in [7, 11) is -2.80. The smallest absolute Gasteiger partial charge is 0.351 e. The molecule has 0 rings (SSSR count). The molecule has 0 heterocycles. The molecule has 0 radical (unpaired) electrons. The molecule has 0 aromatic rings. The van der Waals surface area contributed by atoms with E-state index in [-0.39, 0.29) is 5.78 Å². The van der Waals surface area contributed by atoms with Crippen molar-refractivity contribution in [2.45, 2.75) is 41.5 Å². The summed E-state index contributed by atoms with van der Waals surface area (Å²) in [5.74, 6) is 0.167. The van der Waals surface area contributed by atoms with Gasteiger partial charge in [0.05, 0.1) is 0 Å². The van der Waals surface area contributed by atoms with E-state index < -0.39 is 9.05 Å². The topological polar surface area (TPSA) is 54.0 Å². The van der Waals surface area contributed by atoms with Crippen LogP contribution in [0.1, 0.15) is 41.5 Å². The van der Waals surface area contributed by atoms with Crippen LogP contribution in [0.3, 0.4) is 0 Å². The summed E-state index contributed by atoms with van der Waals surface area (Å²) < 4.78 is 21.7. The van der Waals surface area contributed by atoms with Gasteiger partial charge in [0.15, 0.2) is 0 Å². The first-order valence-electron chi connectivity index (χ1n) is 6.00. The number of Topliss-reactive ketones (excluding diaryl/α,β-unsaturated/α-hetero) is 1. The molecule has 0 aliphatic heterocycles. The van der Waals surface area contributed by atoms with Crippen LogP contribution in [0, 0.1) is 0 Å². The minimum Gasteiger partial charge on any atom is -0.351 e. The summed E-state index contributed by atoms with van der Waals surface area (Å²) in [6.07, 6.45) is 0. The fourth-order valence-corrected chi connectivity index (χ4v) is 2.87. The van der Waals surface area contributed by atoms with Crippen LogP contribution in [0.4, 0.5) is 0 Å². The van der Waals surface area contributed by atoms with Crippen LogP contribution in [0.5, 0.6) is 0 Å². The zero-order valence-electron chi connectivity index (χ0n) is 11.9. The maximum absolute atomic E-state index is 9.44. The molecule has 5 nitrogen and oxygen atoms in total. The van der Waals surface area contributed by atoms with Crippen LogP contribution in [0.25, 0.3) is 0 Å². The highest BCUT2D eigenvalue weighted by atomic mass is 28.4. The molecule has 0 aliphatic rings. The summed E-state index contributed by atoms with van der Waals surface area (Å²) in [5.41, 5.74) is 0. The van der Waals surface area contributed by atoms with Crippen molar-refractivity contribution in [3.8, 4) is 0 Å². The van der Waals surface area contributed by atoms with E-state index >= 15 is 0 Å². The Morgan fingerprint density at radius 3 is 1.06 bits per heavy atom. The van der Waals surface area contributed by atoms with Gasteiger partial charge in [-0.15, -0.1) is 0 Å². The molecule has 0 aromatic carbocycles. The number of hydrogen-bond acceptors (Lipinski definition) is 5. The number of carbonyl (C=O) groups excluding carboxylic acids is 1. The third-order valence-corrected chi connectivity index (χ3v) is 3.85. The lowest BCUT2D eigenvalue weighted by Crippen LogP contribution is -2.49. The van der Waals surface area contributed by atoms with E-state index in [0.29, 0.717) is 26.4 Å². The summed E-state index contributed by atoms with van der Waals surface area (Å²) >= 11 is 0. The quantitative estimate of drug-likeness (QED) is 0.630. The van der Waals surface area contributed by atoms with Gasteiger partial charge in [-0.2, -0.15) is 0 Å². The van der Waals surface area contributed by atoms with Crippen molar-refractivity contribution in [1.82, 2.24) is 0 Å². The van der Waals surface area contributed by atoms with E-state index in [1.165, 1.54) is 13.8 Å². The van der Waals surface area contributed by atoms with E-state index in [0.717, 1.165) is 0 Å². The predicted octanol–water partition coefficient (Wildman–Crippen LogP) is 2.16. The van der Waals surface area contributed by atoms with E-state index in [2.05, 4.69) is 0 Å². The largest absolute Gasteiger partial charge is 0.679 e. The minimum absolute atomic E-state index is 0.167. The summed E-state index contributed by atoms with van der Waals surface area (Å²) in [6.45, 7) is 12.9. The Labute approximate surface area is 106 Å². The highest BCUT2D eigenvalue weighted by Crippen LogP contribution is 2.11. The first kappa shape index (κ1) is 19.1. The molecule has 17 heavy (non-hydrogen) atoms. The molecule has 0 fully saturated rings. The zero-order valence-corrected chi connectivity index (χ0v) is 12.9. The molecule has 6 heteroatoms. The summed E-state index contributed by atoms with van der Waals surface area (Å²) in [5, 5.41) is 0. The van der Waals surface area contributed by atoms with Crippen LogP contribution >= 0.6 is 0 Å². The fraction of sp³-hybridized carbons (Fsp3) is 0.909. The third-order valence-electron chi connectivity index (χ3n) is 1.28. The Kier molecular flexibility index (Phi) is 13.7. The van der Waals surface area contributed by atoms with Gasteiger partial charge < -0.3 is 22.5 Å². The second-order valence-electron chi connectivity index (χ2n) is 3.14. The Morgan fingerprint density at radius 2 is 0.941 bits per heavy atom. The SMILES string of the molecule is CC(C)=O.CCO[Si](OCC)(OCC)OCC. The molecular formula is C11H26O5Si. The Bertz CT molecular complexity index is 153. The Hall–Kier alpha value is -0.273. The van der Waals surface area contributed by atoms with Crippen molar-refractivity contribution in [2.24, 2.45) is 0 Å². The van der Waals surface area contributed by atoms with Crippen LogP contribution in [0.2, 0.25) is 0 Å². The van der Waals surface area contributed by atoms with E-state index in [4.69, 9.17) is 17.7 Å². The lowest BCUT2D eigenvalue weighted by atomic mass is 10.6. The van der Waals surface area contributed by atoms with Crippen LogP contribution in [0.15, 0.2) is 0 Å². The van der Waals surface area contributed by atoms with Crippen LogP contribution in [-0.2, 0) is 22.5 Å². The number of ketones is 1. The number of carbonyl (C=O) groups is 1. The molecule has 0 aliphatic carbocycles. The lowest BCUT2D eigenvalue weighted by Gasteiger charge is -2.26. The van der Waals surface area contributed by atoms with Gasteiger partial charge >= 0.3 is 9.05 Å². The van der Waals surface area contributed by atoms with Gasteiger partial charge in [-0.3, -0.25) is 0 Å². The van der Waals surface area contributed by atoms with E-state index in [9.17, 15) is 4.79 Å². The van der Waals surface area contributed by atoms with Crippen LogP contribution in [-0.4, -0.2) is 41.3 Å². The highest BCUT2D eigenvalue weighted by Gasteiger charge is 2.44. The Balaban J connectivity index is 0. The van der Waals surface area contributed by atoms with Gasteiger partial charge in [-0.25, -0.2) is 0 Å².